The maximum absolute atomic E-state index is 12.4. The Kier molecular flexibility index (Phi) is 5.56. The molecule has 140 valence electrons. The highest BCUT2D eigenvalue weighted by Crippen LogP contribution is 2.28. The minimum Gasteiger partial charge on any atom is -0.480 e. The zero-order chi connectivity index (χ0) is 18.7. The maximum atomic E-state index is 12.4. The third kappa shape index (κ3) is 4.04. The molecule has 7 heteroatoms. The van der Waals surface area contributed by atoms with Crippen molar-refractivity contribution in [2.75, 3.05) is 24.5 Å². The summed E-state index contributed by atoms with van der Waals surface area (Å²) in [7, 11) is 0. The van der Waals surface area contributed by atoms with E-state index >= 15 is 0 Å². The minimum atomic E-state index is -0.832. The Labute approximate surface area is 153 Å². The molecule has 1 fully saturated rings. The number of carboxylic acids is 1. The van der Waals surface area contributed by atoms with Gasteiger partial charge < -0.3 is 15.3 Å². The van der Waals surface area contributed by atoms with Crippen LogP contribution in [0.4, 0.5) is 5.69 Å². The molecule has 2 amide bonds. The lowest BCUT2D eigenvalue weighted by Crippen LogP contribution is -2.56. The first kappa shape index (κ1) is 18.4. The summed E-state index contributed by atoms with van der Waals surface area (Å²) in [6.45, 7) is 2.68. The number of carbonyl (C=O) groups excluding carboxylic acids is 2. The minimum absolute atomic E-state index is 0.0241. The van der Waals surface area contributed by atoms with Crippen LogP contribution in [0, 0.1) is 0 Å². The van der Waals surface area contributed by atoms with Crippen LogP contribution in [0.15, 0.2) is 24.3 Å². The van der Waals surface area contributed by atoms with Crippen molar-refractivity contribution >= 4 is 23.5 Å². The average Bonchev–Trinajstić information content (AvgIpc) is 2.58. The standard InChI is InChI=1S/C19H25N3O4/c1-2-21(12-19(25)26)15-9-14(10-15)20-17(23)11-22-16-6-4-3-5-13(16)7-8-18(22)24/h3-6,14-15H,2,7-12H2,1H3,(H,20,23)(H,25,26). The second kappa shape index (κ2) is 7.86. The SMILES string of the molecule is CCN(CC(=O)O)C1CC(NC(=O)CN2C(=O)CCc3ccccc32)C1. The Morgan fingerprint density at radius 1 is 1.27 bits per heavy atom. The summed E-state index contributed by atoms with van der Waals surface area (Å²) in [6, 6.07) is 7.93. The Bertz CT molecular complexity index is 700. The molecule has 1 aromatic carbocycles. The summed E-state index contributed by atoms with van der Waals surface area (Å²) >= 11 is 0. The molecule has 0 radical (unpaired) electrons. The number of nitrogens with one attached hydrogen (secondary N) is 1. The molecule has 1 aromatic rings. The van der Waals surface area contributed by atoms with Crippen LogP contribution in [0.5, 0.6) is 0 Å². The van der Waals surface area contributed by atoms with Crippen molar-refractivity contribution in [3.05, 3.63) is 29.8 Å². The van der Waals surface area contributed by atoms with Crippen molar-refractivity contribution in [2.24, 2.45) is 0 Å². The van der Waals surface area contributed by atoms with E-state index in [4.69, 9.17) is 5.11 Å². The van der Waals surface area contributed by atoms with Gasteiger partial charge in [-0.1, -0.05) is 25.1 Å². The molecule has 2 N–H and O–H groups in total. The van der Waals surface area contributed by atoms with Gasteiger partial charge in [0, 0.05) is 24.2 Å². The Balaban J connectivity index is 1.51. The summed E-state index contributed by atoms with van der Waals surface area (Å²) in [6.07, 6.45) is 2.64. The first-order valence-corrected chi connectivity index (χ1v) is 9.11. The molecule has 1 aliphatic carbocycles. The second-order valence-corrected chi connectivity index (χ2v) is 6.96. The number of anilines is 1. The Morgan fingerprint density at radius 3 is 2.69 bits per heavy atom. The molecule has 0 atom stereocenters. The van der Waals surface area contributed by atoms with Crippen LogP contribution in [-0.4, -0.2) is 59.5 Å². The van der Waals surface area contributed by atoms with E-state index in [1.54, 1.807) is 4.90 Å². The van der Waals surface area contributed by atoms with Gasteiger partial charge >= 0.3 is 5.97 Å². The molecular formula is C19H25N3O4. The van der Waals surface area contributed by atoms with Gasteiger partial charge in [0.05, 0.1) is 6.54 Å². The van der Waals surface area contributed by atoms with Crippen LogP contribution >= 0.6 is 0 Å². The summed E-state index contributed by atoms with van der Waals surface area (Å²) in [4.78, 5) is 39.0. The van der Waals surface area contributed by atoms with Crippen LogP contribution in [0.25, 0.3) is 0 Å². The number of para-hydroxylation sites is 1. The molecule has 3 rings (SSSR count). The number of rotatable bonds is 7. The summed E-state index contributed by atoms with van der Waals surface area (Å²) < 4.78 is 0. The lowest BCUT2D eigenvalue weighted by molar-refractivity contribution is -0.139. The number of benzene rings is 1. The fourth-order valence-corrected chi connectivity index (χ4v) is 3.76. The number of aryl methyl sites for hydroxylation is 1. The predicted molar refractivity (Wildman–Crippen MR) is 97.0 cm³/mol. The van der Waals surface area contributed by atoms with Gasteiger partial charge in [0.15, 0.2) is 0 Å². The number of aliphatic carboxylic acids is 1. The van der Waals surface area contributed by atoms with Crippen LogP contribution < -0.4 is 10.2 Å². The quantitative estimate of drug-likeness (QED) is 0.759. The third-order valence-corrected chi connectivity index (χ3v) is 5.23. The van der Waals surface area contributed by atoms with Crippen LogP contribution in [0.1, 0.15) is 31.7 Å². The fraction of sp³-hybridized carbons (Fsp3) is 0.526. The van der Waals surface area contributed by atoms with E-state index in [0.717, 1.165) is 24.1 Å². The van der Waals surface area contributed by atoms with Crippen molar-refractivity contribution in [1.82, 2.24) is 10.2 Å². The van der Waals surface area contributed by atoms with E-state index in [1.165, 1.54) is 0 Å². The molecule has 1 aliphatic heterocycles. The third-order valence-electron chi connectivity index (χ3n) is 5.23. The van der Waals surface area contributed by atoms with Crippen molar-refractivity contribution in [3.63, 3.8) is 0 Å². The largest absolute Gasteiger partial charge is 0.480 e. The number of nitrogens with zero attached hydrogens (tertiary/aromatic N) is 2. The smallest absolute Gasteiger partial charge is 0.317 e. The molecule has 2 aliphatic rings. The number of hydrogen-bond donors (Lipinski definition) is 2. The molecule has 1 saturated carbocycles. The average molecular weight is 359 g/mol. The second-order valence-electron chi connectivity index (χ2n) is 6.96. The van der Waals surface area contributed by atoms with Gasteiger partial charge in [-0.2, -0.15) is 0 Å². The van der Waals surface area contributed by atoms with Gasteiger partial charge in [-0.25, -0.2) is 0 Å². The highest BCUT2D eigenvalue weighted by molar-refractivity contribution is 6.01. The van der Waals surface area contributed by atoms with Crippen molar-refractivity contribution in [1.29, 1.82) is 0 Å². The number of amides is 2. The molecule has 7 nitrogen and oxygen atoms in total. The molecule has 0 saturated heterocycles. The molecule has 0 aromatic heterocycles. The van der Waals surface area contributed by atoms with Crippen LogP contribution in [0.2, 0.25) is 0 Å². The van der Waals surface area contributed by atoms with Gasteiger partial charge in [0.25, 0.3) is 0 Å². The van der Waals surface area contributed by atoms with Gasteiger partial charge in [-0.05, 0) is 37.4 Å². The molecule has 0 spiro atoms. The predicted octanol–water partition coefficient (Wildman–Crippen LogP) is 1.02. The summed E-state index contributed by atoms with van der Waals surface area (Å²) in [5.41, 5.74) is 1.92. The van der Waals surface area contributed by atoms with E-state index in [0.29, 0.717) is 19.4 Å². The normalized spacial score (nSPS) is 21.9. The molecule has 1 heterocycles. The fourth-order valence-electron chi connectivity index (χ4n) is 3.76. The van der Waals surface area contributed by atoms with Gasteiger partial charge in [-0.3, -0.25) is 19.3 Å². The highest BCUT2D eigenvalue weighted by Gasteiger charge is 2.35. The summed E-state index contributed by atoms with van der Waals surface area (Å²) in [5.74, 6) is -1.02. The number of fused-ring (bicyclic) bond motifs is 1. The Morgan fingerprint density at radius 2 is 2.00 bits per heavy atom. The summed E-state index contributed by atoms with van der Waals surface area (Å²) in [5, 5.41) is 11.9. The lowest BCUT2D eigenvalue weighted by Gasteiger charge is -2.42. The number of carboxylic acid groups (broad SMARTS) is 1. The van der Waals surface area contributed by atoms with Crippen molar-refractivity contribution in [2.45, 2.75) is 44.7 Å². The zero-order valence-electron chi connectivity index (χ0n) is 15.0. The van der Waals surface area contributed by atoms with E-state index in [2.05, 4.69) is 5.32 Å². The van der Waals surface area contributed by atoms with Crippen LogP contribution in [0.3, 0.4) is 0 Å². The first-order chi connectivity index (χ1) is 12.5. The lowest BCUT2D eigenvalue weighted by atomic mass is 9.85. The van der Waals surface area contributed by atoms with Gasteiger partial charge in [-0.15, -0.1) is 0 Å². The number of likely N-dealkylation sites (N-methyl/N-ethyl adjacent to an activating group) is 1. The van der Waals surface area contributed by atoms with Crippen molar-refractivity contribution in [3.8, 4) is 0 Å². The topological polar surface area (TPSA) is 90.0 Å². The monoisotopic (exact) mass is 359 g/mol. The van der Waals surface area contributed by atoms with Crippen molar-refractivity contribution < 1.29 is 19.5 Å². The number of carbonyl (C=O) groups is 3. The molecule has 0 bridgehead atoms. The molecular weight excluding hydrogens is 334 g/mol. The van der Waals surface area contributed by atoms with E-state index < -0.39 is 5.97 Å². The van der Waals surface area contributed by atoms with E-state index in [9.17, 15) is 14.4 Å². The van der Waals surface area contributed by atoms with Gasteiger partial charge in [0.1, 0.15) is 6.54 Å². The van der Waals surface area contributed by atoms with Crippen LogP contribution in [-0.2, 0) is 20.8 Å². The number of hydrogen-bond acceptors (Lipinski definition) is 4. The molecule has 0 unspecified atom stereocenters. The van der Waals surface area contributed by atoms with Gasteiger partial charge in [0.2, 0.25) is 11.8 Å². The first-order valence-electron chi connectivity index (χ1n) is 9.11. The Hall–Kier alpha value is -2.41. The maximum Gasteiger partial charge on any atom is 0.317 e. The van der Waals surface area contributed by atoms with E-state index in [1.807, 2.05) is 36.1 Å². The molecule has 26 heavy (non-hydrogen) atoms. The zero-order valence-corrected chi connectivity index (χ0v) is 15.0. The highest BCUT2D eigenvalue weighted by atomic mass is 16.4. The van der Waals surface area contributed by atoms with E-state index in [-0.39, 0.29) is 37.0 Å².